The lowest BCUT2D eigenvalue weighted by molar-refractivity contribution is -0.207. The maximum absolute atomic E-state index is 9.17. The summed E-state index contributed by atoms with van der Waals surface area (Å²) in [5, 5.41) is 26.8. The summed E-state index contributed by atoms with van der Waals surface area (Å²) in [6.07, 6.45) is -2.19. The lowest BCUT2D eigenvalue weighted by atomic mass is 10.0. The van der Waals surface area contributed by atoms with Crippen LogP contribution in [0.25, 0.3) is 0 Å². The van der Waals surface area contributed by atoms with Crippen molar-refractivity contribution in [1.82, 2.24) is 0 Å². The van der Waals surface area contributed by atoms with E-state index in [0.717, 1.165) is 0 Å². The molecule has 66 valence electrons. The minimum Gasteiger partial charge on any atom is -0.394 e. The molecule has 0 aromatic heterocycles. The van der Waals surface area contributed by atoms with Crippen molar-refractivity contribution in [1.29, 1.82) is 0 Å². The fourth-order valence-corrected chi connectivity index (χ4v) is 1.08. The fourth-order valence-electron chi connectivity index (χ4n) is 1.08. The Morgan fingerprint density at radius 2 is 2.09 bits per heavy atom. The molecule has 0 aromatic rings. The van der Waals surface area contributed by atoms with Gasteiger partial charge in [-0.05, 0) is 0 Å². The molecular weight excluding hydrogens is 150 g/mol. The third-order valence-corrected chi connectivity index (χ3v) is 1.81. The van der Waals surface area contributed by atoms with E-state index in [-0.39, 0.29) is 13.0 Å². The first kappa shape index (κ1) is 8.89. The molecule has 0 radical (unpaired) electrons. The molecule has 1 fully saturated rings. The lowest BCUT2D eigenvalue weighted by Gasteiger charge is -2.34. The quantitative estimate of drug-likeness (QED) is 0.351. The summed E-state index contributed by atoms with van der Waals surface area (Å²) in [4.78, 5) is 0. The van der Waals surface area contributed by atoms with Gasteiger partial charge in [0.05, 0.1) is 24.9 Å². The maximum atomic E-state index is 9.17. The van der Waals surface area contributed by atoms with Gasteiger partial charge >= 0.3 is 0 Å². The number of rotatable bonds is 1. The predicted molar refractivity (Wildman–Crippen MR) is 36.6 cm³/mol. The van der Waals surface area contributed by atoms with Crippen molar-refractivity contribution in [2.45, 2.75) is 31.0 Å². The number of aliphatic hydroxyl groups is 3. The zero-order valence-corrected chi connectivity index (χ0v) is 6.05. The number of ether oxygens (including phenoxy) is 1. The molecule has 0 aromatic carbocycles. The third-order valence-electron chi connectivity index (χ3n) is 1.81. The van der Waals surface area contributed by atoms with Crippen molar-refractivity contribution < 1.29 is 20.1 Å². The SMILES string of the molecule is N[C@H]1C(O)CC(CO)O[C@H]1O. The van der Waals surface area contributed by atoms with Gasteiger partial charge in [-0.25, -0.2) is 0 Å². The van der Waals surface area contributed by atoms with E-state index < -0.39 is 24.5 Å². The molecule has 0 spiro atoms. The lowest BCUT2D eigenvalue weighted by Crippen LogP contribution is -2.53. The Morgan fingerprint density at radius 3 is 2.55 bits per heavy atom. The van der Waals surface area contributed by atoms with Crippen LogP contribution >= 0.6 is 0 Å². The van der Waals surface area contributed by atoms with Crippen LogP contribution in [0.2, 0.25) is 0 Å². The van der Waals surface area contributed by atoms with Crippen LogP contribution in [0, 0.1) is 0 Å². The first-order chi connectivity index (χ1) is 5.15. The largest absolute Gasteiger partial charge is 0.394 e. The van der Waals surface area contributed by atoms with E-state index >= 15 is 0 Å². The highest BCUT2D eigenvalue weighted by molar-refractivity contribution is 4.82. The van der Waals surface area contributed by atoms with Gasteiger partial charge in [0.15, 0.2) is 6.29 Å². The Kier molecular flexibility index (Phi) is 2.80. The Bertz CT molecular complexity index is 120. The van der Waals surface area contributed by atoms with Crippen molar-refractivity contribution in [3.63, 3.8) is 0 Å². The van der Waals surface area contributed by atoms with Crippen LogP contribution in [-0.4, -0.2) is 46.5 Å². The normalized spacial score (nSPS) is 45.8. The molecule has 0 bridgehead atoms. The molecular formula is C6H13NO4. The van der Waals surface area contributed by atoms with E-state index in [1.165, 1.54) is 0 Å². The van der Waals surface area contributed by atoms with Gasteiger partial charge in [-0.1, -0.05) is 0 Å². The molecule has 1 heterocycles. The second kappa shape index (κ2) is 3.46. The highest BCUT2D eigenvalue weighted by Crippen LogP contribution is 2.16. The smallest absolute Gasteiger partial charge is 0.172 e. The monoisotopic (exact) mass is 163 g/mol. The highest BCUT2D eigenvalue weighted by atomic mass is 16.6. The van der Waals surface area contributed by atoms with Crippen LogP contribution in [0.5, 0.6) is 0 Å². The summed E-state index contributed by atoms with van der Waals surface area (Å²) >= 11 is 0. The minimum absolute atomic E-state index is 0.208. The van der Waals surface area contributed by atoms with Crippen molar-refractivity contribution in [3.05, 3.63) is 0 Å². The Hall–Kier alpha value is -0.200. The second-order valence-corrected chi connectivity index (χ2v) is 2.71. The minimum atomic E-state index is -1.17. The Morgan fingerprint density at radius 1 is 1.45 bits per heavy atom. The van der Waals surface area contributed by atoms with Crippen molar-refractivity contribution in [2.75, 3.05) is 6.61 Å². The van der Waals surface area contributed by atoms with Gasteiger partial charge in [0, 0.05) is 6.42 Å². The number of nitrogens with two attached hydrogens (primary N) is 1. The molecule has 1 rings (SSSR count). The number of hydrogen-bond acceptors (Lipinski definition) is 5. The standard InChI is InChI=1S/C6H13NO4/c7-5-4(9)1-3(2-8)11-6(5)10/h3-6,8-10H,1-2,7H2/t3?,4?,5-,6+/m0/s1. The molecule has 1 aliphatic rings. The van der Waals surface area contributed by atoms with Crippen molar-refractivity contribution in [3.8, 4) is 0 Å². The van der Waals surface area contributed by atoms with Gasteiger partial charge in [0.25, 0.3) is 0 Å². The molecule has 5 nitrogen and oxygen atoms in total. The van der Waals surface area contributed by atoms with Crippen LogP contribution in [0.1, 0.15) is 6.42 Å². The molecule has 0 amide bonds. The number of aliphatic hydroxyl groups excluding tert-OH is 3. The molecule has 0 aliphatic carbocycles. The second-order valence-electron chi connectivity index (χ2n) is 2.71. The van der Waals surface area contributed by atoms with Crippen LogP contribution in [0.3, 0.4) is 0 Å². The fraction of sp³-hybridized carbons (Fsp3) is 1.00. The van der Waals surface area contributed by atoms with E-state index in [0.29, 0.717) is 0 Å². The summed E-state index contributed by atoms with van der Waals surface area (Å²) in [5.41, 5.74) is 5.33. The average Bonchev–Trinajstić information content (AvgIpc) is 1.99. The first-order valence-electron chi connectivity index (χ1n) is 3.53. The van der Waals surface area contributed by atoms with E-state index in [2.05, 4.69) is 0 Å². The van der Waals surface area contributed by atoms with Gasteiger partial charge in [0.1, 0.15) is 0 Å². The molecule has 1 saturated heterocycles. The summed E-state index contributed by atoms with van der Waals surface area (Å²) < 4.78 is 4.84. The summed E-state index contributed by atoms with van der Waals surface area (Å²) in [5.74, 6) is 0. The van der Waals surface area contributed by atoms with Gasteiger partial charge in [-0.15, -0.1) is 0 Å². The average molecular weight is 163 g/mol. The van der Waals surface area contributed by atoms with Crippen molar-refractivity contribution >= 4 is 0 Å². The molecule has 4 atom stereocenters. The van der Waals surface area contributed by atoms with Gasteiger partial charge < -0.3 is 25.8 Å². The molecule has 0 saturated carbocycles. The third kappa shape index (κ3) is 1.88. The van der Waals surface area contributed by atoms with Gasteiger partial charge in [-0.3, -0.25) is 0 Å². The zero-order chi connectivity index (χ0) is 8.43. The predicted octanol–water partition coefficient (Wildman–Crippen LogP) is -2.23. The topological polar surface area (TPSA) is 95.9 Å². The first-order valence-corrected chi connectivity index (χ1v) is 3.53. The zero-order valence-electron chi connectivity index (χ0n) is 6.05. The van der Waals surface area contributed by atoms with E-state index in [1.807, 2.05) is 0 Å². The van der Waals surface area contributed by atoms with Gasteiger partial charge in [-0.2, -0.15) is 0 Å². The maximum Gasteiger partial charge on any atom is 0.172 e. The molecule has 5 N–H and O–H groups in total. The van der Waals surface area contributed by atoms with Crippen molar-refractivity contribution in [2.24, 2.45) is 5.73 Å². The van der Waals surface area contributed by atoms with Gasteiger partial charge in [0.2, 0.25) is 0 Å². The van der Waals surface area contributed by atoms with E-state index in [1.54, 1.807) is 0 Å². The molecule has 2 unspecified atom stereocenters. The molecule has 11 heavy (non-hydrogen) atoms. The van der Waals surface area contributed by atoms with Crippen LogP contribution in [-0.2, 0) is 4.74 Å². The molecule has 5 heteroatoms. The number of hydrogen-bond donors (Lipinski definition) is 4. The molecule has 1 aliphatic heterocycles. The summed E-state index contributed by atoms with van der Waals surface area (Å²) in [6.45, 7) is -0.208. The van der Waals surface area contributed by atoms with Crippen LogP contribution in [0.4, 0.5) is 0 Å². The Labute approximate surface area is 64.4 Å². The Balaban J connectivity index is 2.47. The van der Waals surface area contributed by atoms with E-state index in [4.69, 9.17) is 20.7 Å². The van der Waals surface area contributed by atoms with Crippen LogP contribution in [0.15, 0.2) is 0 Å². The highest BCUT2D eigenvalue weighted by Gasteiger charge is 2.33. The summed E-state index contributed by atoms with van der Waals surface area (Å²) in [6, 6.07) is -0.766. The summed E-state index contributed by atoms with van der Waals surface area (Å²) in [7, 11) is 0. The van der Waals surface area contributed by atoms with E-state index in [9.17, 15) is 5.11 Å². The van der Waals surface area contributed by atoms with Crippen LogP contribution < -0.4 is 5.73 Å².